The second-order valence-corrected chi connectivity index (χ2v) is 31.9. The van der Waals surface area contributed by atoms with Gasteiger partial charge in [0.2, 0.25) is 0 Å². The highest BCUT2D eigenvalue weighted by Crippen LogP contribution is 2.54. The van der Waals surface area contributed by atoms with Gasteiger partial charge in [0.1, 0.15) is 115 Å². The Morgan fingerprint density at radius 2 is 0.507 bits per heavy atom. The number of Topliss-reactive ketones (excluding diaryl/α,β-unsaturated/α-hetero) is 4. The number of hydrogen-bond acceptors (Lipinski definition) is 18. The molecule has 4 aliphatic heterocycles. The molecule has 18 nitrogen and oxygen atoms in total. The molecule has 0 saturated carbocycles. The lowest BCUT2D eigenvalue weighted by atomic mass is 9.81. The van der Waals surface area contributed by atoms with E-state index in [4.69, 9.17) is 18.9 Å². The van der Waals surface area contributed by atoms with Crippen molar-refractivity contribution < 1.29 is 154 Å². The van der Waals surface area contributed by atoms with Crippen molar-refractivity contribution >= 4 is 23.1 Å². The van der Waals surface area contributed by atoms with Crippen LogP contribution in [-0.4, -0.2) is 137 Å². The van der Waals surface area contributed by atoms with Crippen molar-refractivity contribution in [2.45, 2.75) is 149 Å². The summed E-state index contributed by atoms with van der Waals surface area (Å²) in [6.07, 6.45) is -15.9. The van der Waals surface area contributed by atoms with E-state index < -0.39 is 258 Å². The summed E-state index contributed by atoms with van der Waals surface area (Å²) in [5, 5.41) is 19.9. The van der Waals surface area contributed by atoms with Crippen LogP contribution in [0.2, 0.25) is 0 Å². The largest absolute Gasteiger partial charge is 0.421 e. The number of hydrogen-bond donors (Lipinski definition) is 2. The lowest BCUT2D eigenvalue weighted by Crippen LogP contribution is -2.51. The van der Waals surface area contributed by atoms with Crippen LogP contribution in [0, 0.1) is 69.8 Å². The zero-order valence-corrected chi connectivity index (χ0v) is 71.2. The predicted molar refractivity (Wildman–Crippen MR) is 440 cm³/mol. The molecule has 16 rings (SSSR count). The number of nitrogens with zero attached hydrogens (tertiary/aromatic N) is 8. The van der Waals surface area contributed by atoms with E-state index in [1.165, 1.54) is 24.5 Å². The van der Waals surface area contributed by atoms with Gasteiger partial charge in [-0.05, 0) is 217 Å². The van der Waals surface area contributed by atoms with Gasteiger partial charge in [0.25, 0.3) is 0 Å². The second kappa shape index (κ2) is 42.0. The molecule has 42 heteroatoms. The van der Waals surface area contributed by atoms with Gasteiger partial charge in [-0.2, -0.15) is 52.7 Å². The van der Waals surface area contributed by atoms with Gasteiger partial charge in [0.15, 0.2) is 45.5 Å². The molecule has 0 radical (unpaired) electrons. The van der Waals surface area contributed by atoms with E-state index in [2.05, 4.69) is 39.9 Å². The highest BCUT2D eigenvalue weighted by atomic mass is 19.4. The Kier molecular flexibility index (Phi) is 31.1. The third kappa shape index (κ3) is 21.6. The van der Waals surface area contributed by atoms with E-state index >= 15 is 0 Å². The Labute approximate surface area is 766 Å². The van der Waals surface area contributed by atoms with Gasteiger partial charge in [-0.1, -0.05) is 24.3 Å². The quantitative estimate of drug-likeness (QED) is 0.0531. The first kappa shape index (κ1) is 102. The molecule has 724 valence electrons. The molecule has 2 N–H and O–H groups in total. The summed E-state index contributed by atoms with van der Waals surface area (Å²) in [4.78, 5) is 82.2. The zero-order valence-electron chi connectivity index (χ0n) is 71.2. The number of benzene rings is 4. The summed E-state index contributed by atoms with van der Waals surface area (Å²) in [6.45, 7) is -0.889. The Morgan fingerprint density at radius 3 is 0.710 bits per heavy atom. The molecule has 6 atom stereocenters. The minimum Gasteiger partial charge on any atom is -0.393 e. The molecule has 4 fully saturated rings. The van der Waals surface area contributed by atoms with Crippen molar-refractivity contribution in [3.8, 4) is 45.0 Å². The molecule has 12 aromatic rings. The fourth-order valence-electron chi connectivity index (χ4n) is 16.5. The van der Waals surface area contributed by atoms with E-state index in [1.807, 2.05) is 0 Å². The van der Waals surface area contributed by atoms with E-state index in [0.29, 0.717) is 12.8 Å². The number of alkyl halides is 12. The van der Waals surface area contributed by atoms with Crippen LogP contribution in [-0.2, 0) is 67.0 Å². The predicted octanol–water partition coefficient (Wildman–Crippen LogP) is 21.7. The lowest BCUT2D eigenvalue weighted by Gasteiger charge is -2.41. The molecule has 4 saturated heterocycles. The van der Waals surface area contributed by atoms with Crippen LogP contribution in [0.5, 0.6) is 0 Å². The normalized spacial score (nSPS) is 19.6. The molecule has 0 bridgehead atoms. The average Bonchev–Trinajstić information content (AvgIpc) is 0.748. The van der Waals surface area contributed by atoms with Gasteiger partial charge in [-0.3, -0.25) is 39.1 Å². The van der Waals surface area contributed by atoms with Crippen LogP contribution in [0.25, 0.3) is 45.0 Å². The molecule has 0 aliphatic carbocycles. The van der Waals surface area contributed by atoms with Crippen LogP contribution < -0.4 is 0 Å². The molecule has 8 aromatic heterocycles. The molecule has 0 spiro atoms. The molecule has 4 aromatic carbocycles. The molecule has 12 heterocycles. The van der Waals surface area contributed by atoms with Gasteiger partial charge in [-0.25, -0.2) is 72.6 Å². The number of pyridine rings is 8. The number of aliphatic hydroxyl groups is 2. The summed E-state index contributed by atoms with van der Waals surface area (Å²) in [6, 6.07) is 23.2. The van der Waals surface area contributed by atoms with Crippen molar-refractivity contribution in [2.75, 3.05) is 26.4 Å². The lowest BCUT2D eigenvalue weighted by molar-refractivity contribution is -0.306. The first-order valence-electron chi connectivity index (χ1n) is 41.8. The Bertz CT molecular complexity index is 6050. The second-order valence-electron chi connectivity index (χ2n) is 31.9. The molecular weight excluding hydrogens is 1880 g/mol. The number of rotatable bonds is 20. The van der Waals surface area contributed by atoms with E-state index in [0.717, 1.165) is 171 Å². The maximum absolute atomic E-state index is 14.3. The number of carbonyl (C=O) groups is 4. The minimum atomic E-state index is -4.92. The van der Waals surface area contributed by atoms with Crippen LogP contribution in [0.3, 0.4) is 0 Å². The maximum atomic E-state index is 14.3. The van der Waals surface area contributed by atoms with Gasteiger partial charge in [0, 0.05) is 101 Å². The van der Waals surface area contributed by atoms with E-state index in [-0.39, 0.29) is 110 Å². The zero-order chi connectivity index (χ0) is 99.8. The number of ketones is 4. The highest BCUT2D eigenvalue weighted by molar-refractivity contribution is 5.99. The summed E-state index contributed by atoms with van der Waals surface area (Å²) >= 11 is 0. The van der Waals surface area contributed by atoms with Crippen molar-refractivity contribution in [2.24, 2.45) is 0 Å². The van der Waals surface area contributed by atoms with Crippen LogP contribution in [0.4, 0.5) is 105 Å². The monoisotopic (exact) mass is 1950 g/mol. The summed E-state index contributed by atoms with van der Waals surface area (Å²) in [5.41, 5.74) is -20.0. The Balaban J connectivity index is 0.000000155. The van der Waals surface area contributed by atoms with Crippen LogP contribution in [0.15, 0.2) is 195 Å². The average molecular weight is 1950 g/mol. The number of aliphatic hydroxyl groups excluding tert-OH is 2. The van der Waals surface area contributed by atoms with Gasteiger partial charge in [0.05, 0.1) is 47.7 Å². The SMILES string of the molecule is O=C(Cc1cnccc1[C@@]1(C(F)(F)F)CCCCO1)c1ccc(F)c(-c2c(F)cccc2F)n1.O=C(Cc1cnccc1[C@@]1(C(F)(F)F)C[C@@H](O)CCO1)c1ccc(F)c(-c2c(F)cccc2F)n1.O=C(Cc1cnccc1[C@]1(C(F)(F)F)CCCCO1)c1ccc(F)c(-c2c(F)cccc2F)n1.O=C(Cc1cnccc1[C@]1(C(F)(F)F)C[C@H](O)CCO1)c1ccc(F)c(-c2c(F)cccc2F)n1. The molecule has 0 amide bonds. The van der Waals surface area contributed by atoms with Crippen molar-refractivity contribution in [3.63, 3.8) is 0 Å². The third-order valence-corrected chi connectivity index (χ3v) is 23.1. The topological polar surface area (TPSA) is 249 Å². The van der Waals surface area contributed by atoms with Crippen molar-refractivity contribution in [1.29, 1.82) is 0 Å². The summed E-state index contributed by atoms with van der Waals surface area (Å²) in [5.74, 6) is -16.3. The molecular formula is C96H72F24N8O10. The van der Waals surface area contributed by atoms with Crippen LogP contribution in [0.1, 0.15) is 151 Å². The fourth-order valence-corrected chi connectivity index (χ4v) is 16.5. The number of ether oxygens (including phenoxy) is 4. The summed E-state index contributed by atoms with van der Waals surface area (Å²) < 4.78 is 361. The van der Waals surface area contributed by atoms with Gasteiger partial charge in [-0.15, -0.1) is 0 Å². The molecule has 0 unspecified atom stereocenters. The van der Waals surface area contributed by atoms with Gasteiger partial charge >= 0.3 is 24.7 Å². The minimum absolute atomic E-state index is 0.0199. The van der Waals surface area contributed by atoms with Gasteiger partial charge < -0.3 is 29.2 Å². The van der Waals surface area contributed by atoms with E-state index in [9.17, 15) is 135 Å². The molecule has 138 heavy (non-hydrogen) atoms. The maximum Gasteiger partial charge on any atom is 0.421 e. The highest BCUT2D eigenvalue weighted by Gasteiger charge is 2.63. The Morgan fingerprint density at radius 1 is 0.290 bits per heavy atom. The first-order chi connectivity index (χ1) is 65.3. The smallest absolute Gasteiger partial charge is 0.393 e. The number of aromatic nitrogens is 8. The third-order valence-electron chi connectivity index (χ3n) is 23.1. The fraction of sp³-hybridized carbons (Fsp3) is 0.292. The van der Waals surface area contributed by atoms with E-state index in [1.54, 1.807) is 0 Å². The number of halogens is 24. The number of carbonyl (C=O) groups excluding carboxylic acids is 4. The Hall–Kier alpha value is -13.2. The van der Waals surface area contributed by atoms with Crippen molar-refractivity contribution in [3.05, 3.63) is 332 Å². The van der Waals surface area contributed by atoms with Crippen LogP contribution >= 0.6 is 0 Å². The first-order valence-corrected chi connectivity index (χ1v) is 41.8. The standard InChI is InChI=1S/2C24H18F6N2O3.2C24H18F6N2O2/c2*25-16-2-1-3-17(26)21(16)22-18(27)4-5-19(32-22)20(34)10-13-12-31-8-6-15(13)23(24(28,29)30)11-14(33)7-9-35-23;2*25-16-4-3-5-17(26)21(16)22-18(27)6-7-19(32-22)20(33)12-14-13-31-10-8-15(14)23(24(28,29)30)9-1-2-11-34-23/h2*1-6,8,12,14,33H,7,9-11H2;2*3-8,10,13H,1-2,9,11-12H2/t2*14-,23+;2*23-/m1010/s1. The summed E-state index contributed by atoms with van der Waals surface area (Å²) in [7, 11) is 0. The molecule has 4 aliphatic rings. The van der Waals surface area contributed by atoms with Crippen molar-refractivity contribution in [1.82, 2.24) is 39.9 Å².